The fourth-order valence-electron chi connectivity index (χ4n) is 2.90. The van der Waals surface area contributed by atoms with Gasteiger partial charge < -0.3 is 25.0 Å². The van der Waals surface area contributed by atoms with Crippen LogP contribution in [-0.4, -0.2) is 56.9 Å². The Morgan fingerprint density at radius 1 is 1.42 bits per heavy atom. The second kappa shape index (κ2) is 7.03. The number of carbonyl (C=O) groups excluding carboxylic acids is 1. The number of hydrogen-bond acceptors (Lipinski definition) is 4. The van der Waals surface area contributed by atoms with Gasteiger partial charge in [-0.3, -0.25) is 4.79 Å². The Hall–Kier alpha value is -3.10. The lowest BCUT2D eigenvalue weighted by Crippen LogP contribution is -2.48. The first-order chi connectivity index (χ1) is 12.3. The molecule has 0 saturated carbocycles. The van der Waals surface area contributed by atoms with Crippen molar-refractivity contribution in [2.24, 2.45) is 12.8 Å². The number of ether oxygens (including phenoxy) is 1. The van der Waals surface area contributed by atoms with E-state index >= 15 is 0 Å². The standard InChI is InChI=1S/C17H19FN4O4/c1-21-8-13(20-9-21)10-2-3-14(11(6-10)16(19)23)26-15-4-5-22(17(24)25)7-12(15)18/h2-3,6,8-9,12,15H,4-5,7H2,1H3,(H2,19,23)(H,24,25)/t12-,15+/m0/s1. The topological polar surface area (TPSA) is 111 Å². The maximum absolute atomic E-state index is 14.3. The Bertz CT molecular complexity index is 838. The number of aryl methyl sites for hydroxylation is 1. The highest BCUT2D eigenvalue weighted by atomic mass is 19.1. The van der Waals surface area contributed by atoms with Gasteiger partial charge in [-0.15, -0.1) is 0 Å². The van der Waals surface area contributed by atoms with E-state index in [2.05, 4.69) is 4.98 Å². The number of nitrogens with two attached hydrogens (primary N) is 1. The second-order valence-corrected chi connectivity index (χ2v) is 6.19. The molecule has 3 rings (SSSR count). The average Bonchev–Trinajstić information content (AvgIpc) is 3.03. The number of amides is 2. The maximum atomic E-state index is 14.3. The molecular formula is C17H19FN4O4. The summed E-state index contributed by atoms with van der Waals surface area (Å²) in [5, 5.41) is 8.94. The minimum absolute atomic E-state index is 0.126. The zero-order valence-electron chi connectivity index (χ0n) is 14.1. The van der Waals surface area contributed by atoms with Crippen LogP contribution in [0.5, 0.6) is 5.75 Å². The Labute approximate surface area is 149 Å². The maximum Gasteiger partial charge on any atom is 0.407 e. The Morgan fingerprint density at radius 3 is 2.77 bits per heavy atom. The minimum Gasteiger partial charge on any atom is -0.486 e. The normalized spacial score (nSPS) is 20.0. The van der Waals surface area contributed by atoms with Gasteiger partial charge in [-0.05, 0) is 18.2 Å². The third kappa shape index (κ3) is 3.61. The van der Waals surface area contributed by atoms with Gasteiger partial charge in [-0.2, -0.15) is 0 Å². The van der Waals surface area contributed by atoms with E-state index in [1.165, 1.54) is 0 Å². The predicted molar refractivity (Wildman–Crippen MR) is 90.7 cm³/mol. The molecule has 0 aliphatic carbocycles. The van der Waals surface area contributed by atoms with E-state index in [0.29, 0.717) is 11.3 Å². The molecule has 2 amide bonds. The van der Waals surface area contributed by atoms with Crippen molar-refractivity contribution in [3.63, 3.8) is 0 Å². The van der Waals surface area contributed by atoms with Crippen molar-refractivity contribution in [3.05, 3.63) is 36.3 Å². The van der Waals surface area contributed by atoms with Gasteiger partial charge in [-0.25, -0.2) is 14.2 Å². The van der Waals surface area contributed by atoms with Crippen LogP contribution >= 0.6 is 0 Å². The number of imidazole rings is 1. The van der Waals surface area contributed by atoms with Crippen molar-refractivity contribution in [3.8, 4) is 17.0 Å². The number of halogens is 1. The molecule has 138 valence electrons. The smallest absolute Gasteiger partial charge is 0.407 e. The van der Waals surface area contributed by atoms with Crippen LogP contribution in [0.1, 0.15) is 16.8 Å². The summed E-state index contributed by atoms with van der Waals surface area (Å²) in [6, 6.07) is 4.82. The lowest BCUT2D eigenvalue weighted by atomic mass is 10.0. The van der Waals surface area contributed by atoms with E-state index in [4.69, 9.17) is 15.6 Å². The fourth-order valence-corrected chi connectivity index (χ4v) is 2.90. The van der Waals surface area contributed by atoms with Gasteiger partial charge >= 0.3 is 6.09 Å². The Kier molecular flexibility index (Phi) is 4.79. The van der Waals surface area contributed by atoms with Crippen molar-refractivity contribution in [1.82, 2.24) is 14.5 Å². The van der Waals surface area contributed by atoms with Crippen LogP contribution in [0.25, 0.3) is 11.3 Å². The number of hydrogen-bond donors (Lipinski definition) is 2. The van der Waals surface area contributed by atoms with Crippen LogP contribution in [0.2, 0.25) is 0 Å². The molecule has 0 bridgehead atoms. The summed E-state index contributed by atoms with van der Waals surface area (Å²) in [5.41, 5.74) is 6.92. The van der Waals surface area contributed by atoms with Crippen LogP contribution in [0.15, 0.2) is 30.7 Å². The van der Waals surface area contributed by atoms with Gasteiger partial charge in [0.05, 0.1) is 24.1 Å². The van der Waals surface area contributed by atoms with Crippen molar-refractivity contribution in [2.75, 3.05) is 13.1 Å². The number of carbonyl (C=O) groups is 2. The number of likely N-dealkylation sites (tertiary alicyclic amines) is 1. The lowest BCUT2D eigenvalue weighted by Gasteiger charge is -2.33. The molecule has 8 nitrogen and oxygen atoms in total. The van der Waals surface area contributed by atoms with Crippen LogP contribution in [0, 0.1) is 0 Å². The number of piperidine rings is 1. The van der Waals surface area contributed by atoms with Crippen LogP contribution in [0.3, 0.4) is 0 Å². The highest BCUT2D eigenvalue weighted by Gasteiger charge is 2.33. The molecule has 2 aromatic rings. The molecule has 0 unspecified atom stereocenters. The number of carboxylic acid groups (broad SMARTS) is 1. The minimum atomic E-state index is -1.49. The molecule has 9 heteroatoms. The van der Waals surface area contributed by atoms with Crippen molar-refractivity contribution < 1.29 is 23.8 Å². The Balaban J connectivity index is 1.81. The van der Waals surface area contributed by atoms with Crippen LogP contribution in [0.4, 0.5) is 9.18 Å². The van der Waals surface area contributed by atoms with E-state index in [0.717, 1.165) is 4.90 Å². The SMILES string of the molecule is Cn1cnc(-c2ccc(O[C@@H]3CCN(C(=O)O)C[C@@H]3F)c(C(N)=O)c2)c1. The molecule has 1 fully saturated rings. The van der Waals surface area contributed by atoms with Gasteiger partial charge in [0.2, 0.25) is 0 Å². The second-order valence-electron chi connectivity index (χ2n) is 6.19. The molecular weight excluding hydrogens is 343 g/mol. The average molecular weight is 362 g/mol. The number of primary amides is 1. The predicted octanol–water partition coefficient (Wildman–Crippen LogP) is 1.66. The number of nitrogens with zero attached hydrogens (tertiary/aromatic N) is 3. The number of rotatable bonds is 4. The zero-order valence-corrected chi connectivity index (χ0v) is 14.1. The number of aromatic nitrogens is 2. The van der Waals surface area contributed by atoms with Crippen molar-refractivity contribution in [1.29, 1.82) is 0 Å². The number of benzene rings is 1. The molecule has 2 heterocycles. The van der Waals surface area contributed by atoms with E-state index in [1.807, 2.05) is 7.05 Å². The molecule has 1 saturated heterocycles. The van der Waals surface area contributed by atoms with Gasteiger partial charge in [0.25, 0.3) is 5.91 Å². The summed E-state index contributed by atoms with van der Waals surface area (Å²) >= 11 is 0. The highest BCUT2D eigenvalue weighted by molar-refractivity contribution is 5.97. The first-order valence-corrected chi connectivity index (χ1v) is 8.06. The molecule has 0 spiro atoms. The van der Waals surface area contributed by atoms with Gasteiger partial charge in [0.1, 0.15) is 11.9 Å². The molecule has 1 aromatic carbocycles. The summed E-state index contributed by atoms with van der Waals surface area (Å²) in [6.45, 7) is -0.101. The molecule has 1 aliphatic rings. The zero-order chi connectivity index (χ0) is 18.8. The molecule has 1 aromatic heterocycles. The third-order valence-corrected chi connectivity index (χ3v) is 4.28. The largest absolute Gasteiger partial charge is 0.486 e. The Morgan fingerprint density at radius 2 is 2.19 bits per heavy atom. The molecule has 2 atom stereocenters. The van der Waals surface area contributed by atoms with Gasteiger partial charge in [0, 0.05) is 31.8 Å². The van der Waals surface area contributed by atoms with E-state index in [1.54, 1.807) is 35.3 Å². The van der Waals surface area contributed by atoms with Gasteiger partial charge in [0.15, 0.2) is 6.17 Å². The van der Waals surface area contributed by atoms with Crippen LogP contribution < -0.4 is 10.5 Å². The number of alkyl halides is 1. The fraction of sp³-hybridized carbons (Fsp3) is 0.353. The molecule has 1 aliphatic heterocycles. The summed E-state index contributed by atoms with van der Waals surface area (Å²) in [7, 11) is 1.83. The van der Waals surface area contributed by atoms with E-state index < -0.39 is 24.3 Å². The summed E-state index contributed by atoms with van der Waals surface area (Å²) in [5.74, 6) is -0.523. The summed E-state index contributed by atoms with van der Waals surface area (Å²) < 4.78 is 21.7. The lowest BCUT2D eigenvalue weighted by molar-refractivity contribution is 0.0245. The highest BCUT2D eigenvalue weighted by Crippen LogP contribution is 2.28. The van der Waals surface area contributed by atoms with E-state index in [9.17, 15) is 14.0 Å². The quantitative estimate of drug-likeness (QED) is 0.859. The van der Waals surface area contributed by atoms with E-state index in [-0.39, 0.29) is 30.8 Å². The molecule has 0 radical (unpaired) electrons. The first kappa shape index (κ1) is 17.7. The summed E-state index contributed by atoms with van der Waals surface area (Å²) in [6.07, 6.45) is 0.116. The monoisotopic (exact) mass is 362 g/mol. The van der Waals surface area contributed by atoms with Crippen molar-refractivity contribution >= 4 is 12.0 Å². The molecule has 26 heavy (non-hydrogen) atoms. The molecule has 3 N–H and O–H groups in total. The van der Waals surface area contributed by atoms with Gasteiger partial charge in [-0.1, -0.05) is 0 Å². The first-order valence-electron chi connectivity index (χ1n) is 8.06. The van der Waals surface area contributed by atoms with Crippen LogP contribution in [-0.2, 0) is 7.05 Å². The third-order valence-electron chi connectivity index (χ3n) is 4.28. The van der Waals surface area contributed by atoms with Crippen molar-refractivity contribution in [2.45, 2.75) is 18.7 Å². The summed E-state index contributed by atoms with van der Waals surface area (Å²) in [4.78, 5) is 28.0.